The number of rotatable bonds is 6. The fourth-order valence-electron chi connectivity index (χ4n) is 3.69. The normalized spacial score (nSPS) is 11.2. The zero-order chi connectivity index (χ0) is 23.8. The molecule has 0 saturated heterocycles. The van der Waals surface area contributed by atoms with Crippen LogP contribution >= 0.6 is 35.1 Å². The van der Waals surface area contributed by atoms with Gasteiger partial charge in [-0.25, -0.2) is 18.7 Å². The number of nitrogens with zero attached hydrogens (tertiary/aromatic N) is 4. The molecule has 0 atom stereocenters. The summed E-state index contributed by atoms with van der Waals surface area (Å²) in [5.74, 6) is -1.68. The molecule has 5 aromatic rings. The maximum absolute atomic E-state index is 14.4. The van der Waals surface area contributed by atoms with Gasteiger partial charge in [-0.3, -0.25) is 9.69 Å². The zero-order valence-electron chi connectivity index (χ0n) is 18.9. The van der Waals surface area contributed by atoms with Crippen LogP contribution in [-0.2, 0) is 0 Å². The van der Waals surface area contributed by atoms with Crippen LogP contribution < -0.4 is 4.90 Å². The number of para-hydroxylation sites is 1. The summed E-state index contributed by atoms with van der Waals surface area (Å²) in [5.41, 5.74) is 1.96. The van der Waals surface area contributed by atoms with Crippen LogP contribution in [0.1, 0.15) is 10.4 Å². The van der Waals surface area contributed by atoms with Gasteiger partial charge in [0.2, 0.25) is 0 Å². The monoisotopic (exact) mass is 530 g/mol. The van der Waals surface area contributed by atoms with Gasteiger partial charge in [-0.2, -0.15) is 0 Å². The Balaban J connectivity index is 0.00000289. The molecule has 0 fully saturated rings. The van der Waals surface area contributed by atoms with E-state index in [0.717, 1.165) is 27.7 Å². The number of pyridine rings is 1. The third kappa shape index (κ3) is 5.04. The molecule has 1 amide bonds. The molecule has 0 saturated carbocycles. The van der Waals surface area contributed by atoms with Crippen molar-refractivity contribution in [2.75, 3.05) is 32.1 Å². The van der Waals surface area contributed by atoms with Gasteiger partial charge >= 0.3 is 0 Å². The van der Waals surface area contributed by atoms with Gasteiger partial charge in [0.1, 0.15) is 11.3 Å². The number of halogens is 3. The second kappa shape index (κ2) is 10.3. The highest BCUT2D eigenvalue weighted by Gasteiger charge is 2.25. The number of hydrogen-bond donors (Lipinski definition) is 0. The van der Waals surface area contributed by atoms with Gasteiger partial charge in [0, 0.05) is 24.5 Å². The van der Waals surface area contributed by atoms with Crippen molar-refractivity contribution in [3.05, 3.63) is 77.2 Å². The lowest BCUT2D eigenvalue weighted by atomic mass is 10.1. The predicted molar refractivity (Wildman–Crippen MR) is 142 cm³/mol. The Kier molecular flexibility index (Phi) is 7.42. The van der Waals surface area contributed by atoms with Gasteiger partial charge in [0.25, 0.3) is 5.91 Å². The van der Waals surface area contributed by atoms with Crippen molar-refractivity contribution < 1.29 is 13.6 Å². The number of fused-ring (bicyclic) bond motifs is 2. The SMILES string of the molecule is CN(C)CCN(C(=O)c1cc(-c2cccs2)nc2ccccc12)c1nc2c(F)cc(F)cc2s1.Cl. The summed E-state index contributed by atoms with van der Waals surface area (Å²) in [5, 5.41) is 3.01. The summed E-state index contributed by atoms with van der Waals surface area (Å²) < 4.78 is 28.5. The highest BCUT2D eigenvalue weighted by Crippen LogP contribution is 2.34. The Morgan fingerprint density at radius 3 is 2.54 bits per heavy atom. The number of carbonyl (C=O) groups excluding carboxylic acids is 1. The van der Waals surface area contributed by atoms with Crippen molar-refractivity contribution in [2.24, 2.45) is 0 Å². The average molecular weight is 531 g/mol. The predicted octanol–water partition coefficient (Wildman–Crippen LogP) is 6.48. The number of aromatic nitrogens is 2. The lowest BCUT2D eigenvalue weighted by Gasteiger charge is -2.23. The van der Waals surface area contributed by atoms with Crippen LogP contribution in [0.3, 0.4) is 0 Å². The molecule has 35 heavy (non-hydrogen) atoms. The van der Waals surface area contributed by atoms with Crippen LogP contribution in [0.5, 0.6) is 0 Å². The Labute approximate surface area is 215 Å². The molecular formula is C25H21ClF2N4OS2. The summed E-state index contributed by atoms with van der Waals surface area (Å²) >= 11 is 2.65. The Morgan fingerprint density at radius 2 is 1.80 bits per heavy atom. The largest absolute Gasteiger partial charge is 0.308 e. The minimum Gasteiger partial charge on any atom is -0.308 e. The van der Waals surface area contributed by atoms with E-state index in [1.807, 2.05) is 60.8 Å². The number of anilines is 1. The molecule has 3 aromatic heterocycles. The van der Waals surface area contributed by atoms with Crippen LogP contribution in [0.4, 0.5) is 13.9 Å². The van der Waals surface area contributed by atoms with Crippen molar-refractivity contribution >= 4 is 67.2 Å². The van der Waals surface area contributed by atoms with E-state index in [-0.39, 0.29) is 23.8 Å². The van der Waals surface area contributed by atoms with E-state index in [1.165, 1.54) is 6.07 Å². The Hall–Kier alpha value is -2.98. The Morgan fingerprint density at radius 1 is 1.00 bits per heavy atom. The van der Waals surface area contributed by atoms with Crippen LogP contribution in [0, 0.1) is 11.6 Å². The highest BCUT2D eigenvalue weighted by atomic mass is 35.5. The van der Waals surface area contributed by atoms with E-state index in [4.69, 9.17) is 4.98 Å². The third-order valence-corrected chi connectivity index (χ3v) is 7.29. The molecule has 0 N–H and O–H groups in total. The van der Waals surface area contributed by atoms with Crippen molar-refractivity contribution in [2.45, 2.75) is 0 Å². The number of carbonyl (C=O) groups is 1. The molecule has 5 rings (SSSR count). The second-order valence-corrected chi connectivity index (χ2v) is 10.00. The number of hydrogen-bond acceptors (Lipinski definition) is 6. The van der Waals surface area contributed by atoms with E-state index in [2.05, 4.69) is 4.98 Å². The van der Waals surface area contributed by atoms with Crippen LogP contribution in [0.15, 0.2) is 60.0 Å². The average Bonchev–Trinajstić information content (AvgIpc) is 3.49. The fourth-order valence-corrected chi connectivity index (χ4v) is 5.41. The van der Waals surface area contributed by atoms with Gasteiger partial charge in [0.15, 0.2) is 10.9 Å². The number of thiazole rings is 1. The molecule has 5 nitrogen and oxygen atoms in total. The molecule has 3 heterocycles. The molecule has 10 heteroatoms. The molecule has 180 valence electrons. The first-order valence-corrected chi connectivity index (χ1v) is 12.3. The number of amides is 1. The maximum atomic E-state index is 14.4. The minimum absolute atomic E-state index is 0. The summed E-state index contributed by atoms with van der Waals surface area (Å²) in [7, 11) is 3.82. The molecule has 0 bridgehead atoms. The van der Waals surface area contributed by atoms with E-state index in [0.29, 0.717) is 39.7 Å². The van der Waals surface area contributed by atoms with Crippen molar-refractivity contribution in [3.63, 3.8) is 0 Å². The molecule has 2 aromatic carbocycles. The fraction of sp³-hybridized carbons (Fsp3) is 0.160. The topological polar surface area (TPSA) is 49.3 Å². The molecule has 0 aliphatic carbocycles. The van der Waals surface area contributed by atoms with Crippen LogP contribution in [0.25, 0.3) is 31.7 Å². The zero-order valence-corrected chi connectivity index (χ0v) is 21.3. The first kappa shape index (κ1) is 25.1. The van der Waals surface area contributed by atoms with E-state index < -0.39 is 11.6 Å². The Bertz CT molecular complexity index is 1500. The van der Waals surface area contributed by atoms with Crippen molar-refractivity contribution in [3.8, 4) is 10.6 Å². The summed E-state index contributed by atoms with van der Waals surface area (Å²) in [4.78, 5) is 27.6. The van der Waals surface area contributed by atoms with Crippen molar-refractivity contribution in [1.29, 1.82) is 0 Å². The molecule has 0 radical (unpaired) electrons. The number of likely N-dealkylation sites (N-methyl/N-ethyl adjacent to an activating group) is 1. The van der Waals surface area contributed by atoms with E-state index in [1.54, 1.807) is 22.3 Å². The number of benzene rings is 2. The second-order valence-electron chi connectivity index (χ2n) is 8.04. The van der Waals surface area contributed by atoms with Gasteiger partial charge in [-0.15, -0.1) is 23.7 Å². The van der Waals surface area contributed by atoms with Gasteiger partial charge in [0.05, 0.1) is 26.4 Å². The molecule has 0 aliphatic heterocycles. The van der Waals surface area contributed by atoms with Gasteiger partial charge < -0.3 is 4.90 Å². The summed E-state index contributed by atoms with van der Waals surface area (Å²) in [6.07, 6.45) is 0. The van der Waals surface area contributed by atoms with Gasteiger partial charge in [-0.1, -0.05) is 35.6 Å². The maximum Gasteiger partial charge on any atom is 0.260 e. The standard InChI is InChI=1S/C25H20F2N4OS2.ClH/c1-30(2)9-10-31(25-29-23-18(27)12-15(26)13-22(23)34-25)24(32)17-14-20(21-8-5-11-33-21)28-19-7-4-3-6-16(17)19;/h3-8,11-14H,9-10H2,1-2H3;1H. The van der Waals surface area contributed by atoms with Crippen LogP contribution in [-0.4, -0.2) is 48.0 Å². The molecule has 0 aliphatic rings. The highest BCUT2D eigenvalue weighted by molar-refractivity contribution is 7.22. The lowest BCUT2D eigenvalue weighted by Crippen LogP contribution is -2.37. The van der Waals surface area contributed by atoms with Gasteiger partial charge in [-0.05, 0) is 43.7 Å². The van der Waals surface area contributed by atoms with E-state index >= 15 is 0 Å². The van der Waals surface area contributed by atoms with Crippen LogP contribution in [0.2, 0.25) is 0 Å². The quantitative estimate of drug-likeness (QED) is 0.252. The molecule has 0 unspecified atom stereocenters. The first-order chi connectivity index (χ1) is 16.4. The summed E-state index contributed by atoms with van der Waals surface area (Å²) in [6.45, 7) is 0.903. The third-order valence-electron chi connectivity index (χ3n) is 5.37. The molecule has 0 spiro atoms. The van der Waals surface area contributed by atoms with E-state index in [9.17, 15) is 13.6 Å². The smallest absolute Gasteiger partial charge is 0.260 e. The minimum atomic E-state index is -0.744. The number of thiophene rings is 1. The summed E-state index contributed by atoms with van der Waals surface area (Å²) in [6, 6.07) is 15.2. The lowest BCUT2D eigenvalue weighted by molar-refractivity contribution is 0.0986. The first-order valence-electron chi connectivity index (χ1n) is 10.6. The molecular weight excluding hydrogens is 510 g/mol. The van der Waals surface area contributed by atoms with Crippen molar-refractivity contribution in [1.82, 2.24) is 14.9 Å².